The molecule has 0 aliphatic heterocycles. The van der Waals surface area contributed by atoms with Gasteiger partial charge < -0.3 is 15.2 Å². The third-order valence-electron chi connectivity index (χ3n) is 1.37. The van der Waals surface area contributed by atoms with Crippen LogP contribution in [-0.2, 0) is 19.1 Å². The molecule has 0 heterocycles. The summed E-state index contributed by atoms with van der Waals surface area (Å²) < 4.78 is 8.45. The molecule has 0 saturated heterocycles. The molecule has 0 fully saturated rings. The van der Waals surface area contributed by atoms with Gasteiger partial charge in [-0.1, -0.05) is 35.2 Å². The molecular formula is C8H12INO4. The Hall–Kier alpha value is -0.630. The number of carbonyl (C=O) groups excluding carboxylic acids is 2. The van der Waals surface area contributed by atoms with Crippen molar-refractivity contribution in [2.45, 2.75) is 4.05 Å². The number of esters is 2. The van der Waals surface area contributed by atoms with Crippen molar-refractivity contribution >= 4 is 34.5 Å². The van der Waals surface area contributed by atoms with Gasteiger partial charge in [-0.2, -0.15) is 0 Å². The highest BCUT2D eigenvalue weighted by atomic mass is 127. The minimum Gasteiger partial charge on any atom is -0.468 e. The van der Waals surface area contributed by atoms with Gasteiger partial charge >= 0.3 is 11.9 Å². The average Bonchev–Trinajstić information content (AvgIpc) is 2.14. The third-order valence-corrected chi connectivity index (χ3v) is 2.09. The molecule has 0 aliphatic rings. The normalized spacial score (nSPS) is 13.9. The number of hydrogen-bond acceptors (Lipinski definition) is 5. The van der Waals surface area contributed by atoms with Crippen molar-refractivity contribution in [2.75, 3.05) is 13.7 Å². The first-order valence-electron chi connectivity index (χ1n) is 3.79. The molecule has 0 spiro atoms. The van der Waals surface area contributed by atoms with Crippen LogP contribution in [0, 0.1) is 5.92 Å². The molecule has 5 nitrogen and oxygen atoms in total. The number of carbonyl (C=O) groups is 2. The zero-order chi connectivity index (χ0) is 11.1. The standard InChI is InChI=1S/C8H12INO4/c1-3-4-14-8(12)5(6(9)10)7(11)13-2/h3,5-6H,1,4,10H2,2H3. The molecule has 0 rings (SSSR count). The van der Waals surface area contributed by atoms with E-state index in [9.17, 15) is 9.59 Å². The van der Waals surface area contributed by atoms with Crippen molar-refractivity contribution in [2.24, 2.45) is 11.7 Å². The summed E-state index contributed by atoms with van der Waals surface area (Å²) in [5, 5.41) is 0. The zero-order valence-corrected chi connectivity index (χ0v) is 9.89. The summed E-state index contributed by atoms with van der Waals surface area (Å²) in [6.45, 7) is 3.43. The third kappa shape index (κ3) is 4.05. The van der Waals surface area contributed by atoms with E-state index in [2.05, 4.69) is 11.3 Å². The number of nitrogens with two attached hydrogens (primary N) is 1. The topological polar surface area (TPSA) is 78.6 Å². The van der Waals surface area contributed by atoms with Crippen molar-refractivity contribution in [3.8, 4) is 0 Å². The van der Waals surface area contributed by atoms with Gasteiger partial charge in [0.05, 0.1) is 11.2 Å². The van der Waals surface area contributed by atoms with Gasteiger partial charge in [0.2, 0.25) is 0 Å². The maximum absolute atomic E-state index is 11.3. The van der Waals surface area contributed by atoms with E-state index in [1.807, 2.05) is 0 Å². The summed E-state index contributed by atoms with van der Waals surface area (Å²) in [7, 11) is 1.19. The van der Waals surface area contributed by atoms with E-state index in [4.69, 9.17) is 10.5 Å². The van der Waals surface area contributed by atoms with Gasteiger partial charge in [-0.25, -0.2) is 0 Å². The Morgan fingerprint density at radius 1 is 1.57 bits per heavy atom. The second-order valence-electron chi connectivity index (χ2n) is 2.36. The van der Waals surface area contributed by atoms with Crippen LogP contribution in [0.5, 0.6) is 0 Å². The Morgan fingerprint density at radius 2 is 2.14 bits per heavy atom. The molecule has 2 atom stereocenters. The molecule has 80 valence electrons. The fourth-order valence-corrected chi connectivity index (χ4v) is 1.30. The number of rotatable bonds is 5. The molecule has 2 unspecified atom stereocenters. The smallest absolute Gasteiger partial charge is 0.323 e. The summed E-state index contributed by atoms with van der Waals surface area (Å²) in [6.07, 6.45) is 1.41. The molecule has 0 bridgehead atoms. The van der Waals surface area contributed by atoms with Gasteiger partial charge in [-0.15, -0.1) is 0 Å². The Balaban J connectivity index is 4.41. The first kappa shape index (κ1) is 13.4. The second-order valence-corrected chi connectivity index (χ2v) is 3.80. The van der Waals surface area contributed by atoms with E-state index in [-0.39, 0.29) is 6.61 Å². The Morgan fingerprint density at radius 3 is 2.50 bits per heavy atom. The van der Waals surface area contributed by atoms with Crippen LogP contribution in [0.4, 0.5) is 0 Å². The molecule has 0 amide bonds. The second kappa shape index (κ2) is 6.77. The molecule has 0 aromatic heterocycles. The van der Waals surface area contributed by atoms with Gasteiger partial charge in [0.25, 0.3) is 0 Å². The van der Waals surface area contributed by atoms with E-state index in [0.717, 1.165) is 0 Å². The zero-order valence-electron chi connectivity index (χ0n) is 7.73. The Bertz CT molecular complexity index is 229. The van der Waals surface area contributed by atoms with Crippen LogP contribution < -0.4 is 5.73 Å². The lowest BCUT2D eigenvalue weighted by Crippen LogP contribution is -2.38. The number of alkyl halides is 1. The number of halogens is 1. The number of hydrogen-bond donors (Lipinski definition) is 1. The van der Waals surface area contributed by atoms with Gasteiger partial charge in [-0.3, -0.25) is 9.59 Å². The van der Waals surface area contributed by atoms with Crippen LogP contribution in [0.15, 0.2) is 12.7 Å². The van der Waals surface area contributed by atoms with Crippen molar-refractivity contribution in [3.05, 3.63) is 12.7 Å². The van der Waals surface area contributed by atoms with E-state index in [1.165, 1.54) is 13.2 Å². The first-order chi connectivity index (χ1) is 6.54. The molecule has 0 aromatic carbocycles. The fourth-order valence-electron chi connectivity index (χ4n) is 0.714. The summed E-state index contributed by atoms with van der Waals surface area (Å²) >= 11 is 1.76. The molecule has 14 heavy (non-hydrogen) atoms. The van der Waals surface area contributed by atoms with E-state index >= 15 is 0 Å². The highest BCUT2D eigenvalue weighted by molar-refractivity contribution is 14.1. The van der Waals surface area contributed by atoms with Crippen molar-refractivity contribution in [3.63, 3.8) is 0 Å². The van der Waals surface area contributed by atoms with Gasteiger partial charge in [0.1, 0.15) is 6.61 Å². The van der Waals surface area contributed by atoms with Crippen molar-refractivity contribution in [1.82, 2.24) is 0 Å². The Kier molecular flexibility index (Phi) is 6.46. The van der Waals surface area contributed by atoms with Crippen LogP contribution in [0.3, 0.4) is 0 Å². The lowest BCUT2D eigenvalue weighted by atomic mass is 10.1. The molecule has 2 N–H and O–H groups in total. The van der Waals surface area contributed by atoms with Crippen LogP contribution in [-0.4, -0.2) is 29.7 Å². The van der Waals surface area contributed by atoms with Gasteiger partial charge in [0, 0.05) is 0 Å². The number of methoxy groups -OCH3 is 1. The predicted octanol–water partition coefficient (Wildman–Crippen LogP) is 0.225. The highest BCUT2D eigenvalue weighted by Crippen LogP contribution is 2.12. The van der Waals surface area contributed by atoms with Gasteiger partial charge in [-0.05, 0) is 0 Å². The quantitative estimate of drug-likeness (QED) is 0.196. The molecule has 0 aromatic rings. The maximum atomic E-state index is 11.3. The minimum atomic E-state index is -1.08. The highest BCUT2D eigenvalue weighted by Gasteiger charge is 2.33. The van der Waals surface area contributed by atoms with Crippen molar-refractivity contribution < 1.29 is 19.1 Å². The molecule has 0 aliphatic carbocycles. The van der Waals surface area contributed by atoms with E-state index in [0.29, 0.717) is 0 Å². The van der Waals surface area contributed by atoms with Crippen LogP contribution in [0.2, 0.25) is 0 Å². The average molecular weight is 313 g/mol. The SMILES string of the molecule is C=CCOC(=O)C(C(=O)OC)C(N)I. The molecule has 0 radical (unpaired) electrons. The molecular weight excluding hydrogens is 301 g/mol. The summed E-state index contributed by atoms with van der Waals surface area (Å²) in [5.41, 5.74) is 5.44. The fraction of sp³-hybridized carbons (Fsp3) is 0.500. The first-order valence-corrected chi connectivity index (χ1v) is 5.04. The van der Waals surface area contributed by atoms with E-state index < -0.39 is 21.9 Å². The number of ether oxygens (including phenoxy) is 2. The van der Waals surface area contributed by atoms with Crippen LogP contribution in [0.25, 0.3) is 0 Å². The van der Waals surface area contributed by atoms with Crippen LogP contribution in [0.1, 0.15) is 0 Å². The maximum Gasteiger partial charge on any atom is 0.323 e. The van der Waals surface area contributed by atoms with Gasteiger partial charge in [0.15, 0.2) is 5.92 Å². The summed E-state index contributed by atoms with van der Waals surface area (Å²) in [4.78, 5) is 22.4. The van der Waals surface area contributed by atoms with E-state index in [1.54, 1.807) is 22.6 Å². The van der Waals surface area contributed by atoms with Crippen molar-refractivity contribution in [1.29, 1.82) is 0 Å². The lowest BCUT2D eigenvalue weighted by Gasteiger charge is -2.14. The largest absolute Gasteiger partial charge is 0.468 e. The van der Waals surface area contributed by atoms with Crippen LogP contribution >= 0.6 is 22.6 Å². The molecule has 6 heteroatoms. The summed E-state index contributed by atoms with van der Waals surface area (Å²) in [5.74, 6) is -2.47. The predicted molar refractivity (Wildman–Crippen MR) is 58.7 cm³/mol. The monoisotopic (exact) mass is 313 g/mol. The lowest BCUT2D eigenvalue weighted by molar-refractivity contribution is -0.159. The molecule has 0 saturated carbocycles. The summed E-state index contributed by atoms with van der Waals surface area (Å²) in [6, 6.07) is 0. The minimum absolute atomic E-state index is 0.0513. The Labute approximate surface area is 95.8 Å².